The molecule has 0 saturated carbocycles. The van der Waals surface area contributed by atoms with Crippen LogP contribution in [0.15, 0.2) is 52.1 Å². The molecule has 5 heteroatoms. The minimum Gasteiger partial charge on any atom is -0.340 e. The van der Waals surface area contributed by atoms with Crippen molar-refractivity contribution >= 4 is 33.6 Å². The van der Waals surface area contributed by atoms with E-state index in [0.29, 0.717) is 6.54 Å². The second kappa shape index (κ2) is 7.79. The summed E-state index contributed by atoms with van der Waals surface area (Å²) in [7, 11) is 1.85. The number of pyridine rings is 1. The van der Waals surface area contributed by atoms with Crippen molar-refractivity contribution in [2.24, 2.45) is 0 Å². The molecule has 2 aromatic rings. The highest BCUT2D eigenvalue weighted by molar-refractivity contribution is 9.10. The van der Waals surface area contributed by atoms with Crippen molar-refractivity contribution in [3.8, 4) is 0 Å². The van der Waals surface area contributed by atoms with Gasteiger partial charge in [-0.15, -0.1) is 0 Å². The maximum absolute atomic E-state index is 12.5. The lowest BCUT2D eigenvalue weighted by Gasteiger charge is -2.22. The summed E-state index contributed by atoms with van der Waals surface area (Å²) in [4.78, 5) is 18.6. The van der Waals surface area contributed by atoms with Crippen LogP contribution >= 0.6 is 27.7 Å². The molecule has 3 nitrogen and oxygen atoms in total. The lowest BCUT2D eigenvalue weighted by molar-refractivity contribution is -0.129. The molecule has 0 saturated heterocycles. The first-order valence-corrected chi connectivity index (χ1v) is 8.72. The van der Waals surface area contributed by atoms with Gasteiger partial charge < -0.3 is 4.90 Å². The molecule has 116 valence electrons. The van der Waals surface area contributed by atoms with Gasteiger partial charge >= 0.3 is 0 Å². The minimum absolute atomic E-state index is 0.109. The SMILES string of the molecule is Cc1ccccc1CN(C)C(=O)C(C)Sc1ccc(Br)cn1. The number of aromatic nitrogens is 1. The number of nitrogens with zero attached hydrogens (tertiary/aromatic N) is 2. The third-order valence-corrected chi connectivity index (χ3v) is 4.90. The third-order valence-electron chi connectivity index (χ3n) is 3.39. The number of hydrogen-bond donors (Lipinski definition) is 0. The standard InChI is InChI=1S/C17H19BrN2OS/c1-12-6-4-5-7-14(12)11-20(3)17(21)13(2)22-16-9-8-15(18)10-19-16/h4-10,13H,11H2,1-3H3. The van der Waals surface area contributed by atoms with E-state index in [0.717, 1.165) is 9.50 Å². The minimum atomic E-state index is -0.164. The van der Waals surface area contributed by atoms with E-state index in [-0.39, 0.29) is 11.2 Å². The summed E-state index contributed by atoms with van der Waals surface area (Å²) in [5, 5.41) is 0.691. The second-order valence-corrected chi connectivity index (χ2v) is 7.47. The maximum atomic E-state index is 12.5. The fourth-order valence-corrected chi connectivity index (χ4v) is 3.23. The number of carbonyl (C=O) groups is 1. The van der Waals surface area contributed by atoms with Crippen molar-refractivity contribution in [2.45, 2.75) is 30.7 Å². The van der Waals surface area contributed by atoms with E-state index in [1.807, 2.05) is 38.2 Å². The van der Waals surface area contributed by atoms with Crippen LogP contribution in [0.25, 0.3) is 0 Å². The molecule has 1 atom stereocenters. The van der Waals surface area contributed by atoms with Crippen LogP contribution in [0.4, 0.5) is 0 Å². The van der Waals surface area contributed by atoms with Gasteiger partial charge in [0.15, 0.2) is 0 Å². The van der Waals surface area contributed by atoms with E-state index < -0.39 is 0 Å². The van der Waals surface area contributed by atoms with Crippen molar-refractivity contribution < 1.29 is 4.79 Å². The number of carbonyl (C=O) groups excluding carboxylic acids is 1. The van der Waals surface area contributed by atoms with E-state index in [1.165, 1.54) is 22.9 Å². The molecule has 1 aromatic carbocycles. The van der Waals surface area contributed by atoms with Crippen molar-refractivity contribution in [3.63, 3.8) is 0 Å². The van der Waals surface area contributed by atoms with Crippen LogP contribution in [0.5, 0.6) is 0 Å². The van der Waals surface area contributed by atoms with Crippen molar-refractivity contribution in [3.05, 3.63) is 58.2 Å². The Balaban J connectivity index is 1.97. The molecule has 0 spiro atoms. The summed E-state index contributed by atoms with van der Waals surface area (Å²) >= 11 is 4.84. The van der Waals surface area contributed by atoms with Crippen molar-refractivity contribution in [2.75, 3.05) is 7.05 Å². The summed E-state index contributed by atoms with van der Waals surface area (Å²) in [6.07, 6.45) is 1.75. The van der Waals surface area contributed by atoms with Crippen LogP contribution in [0.1, 0.15) is 18.1 Å². The molecule has 0 radical (unpaired) electrons. The largest absolute Gasteiger partial charge is 0.340 e. The van der Waals surface area contributed by atoms with Crippen LogP contribution < -0.4 is 0 Å². The molecule has 0 aliphatic heterocycles. The monoisotopic (exact) mass is 378 g/mol. The summed E-state index contributed by atoms with van der Waals surface area (Å²) in [6, 6.07) is 12.0. The Morgan fingerprint density at radius 1 is 1.32 bits per heavy atom. The van der Waals surface area contributed by atoms with Gasteiger partial charge in [-0.1, -0.05) is 36.0 Å². The number of amides is 1. The Morgan fingerprint density at radius 2 is 2.05 bits per heavy atom. The maximum Gasteiger partial charge on any atom is 0.235 e. The van der Waals surface area contributed by atoms with Gasteiger partial charge in [0.25, 0.3) is 0 Å². The lowest BCUT2D eigenvalue weighted by atomic mass is 10.1. The molecular formula is C17H19BrN2OS. The summed E-state index contributed by atoms with van der Waals surface area (Å²) < 4.78 is 0.938. The Kier molecular flexibility index (Phi) is 6.03. The van der Waals surface area contributed by atoms with E-state index in [4.69, 9.17) is 0 Å². The number of rotatable bonds is 5. The first kappa shape index (κ1) is 17.0. The molecule has 0 fully saturated rings. The molecule has 1 amide bonds. The Morgan fingerprint density at radius 3 is 2.68 bits per heavy atom. The number of thioether (sulfide) groups is 1. The quantitative estimate of drug-likeness (QED) is 0.727. The average Bonchev–Trinajstić information content (AvgIpc) is 2.51. The molecule has 1 aromatic heterocycles. The highest BCUT2D eigenvalue weighted by atomic mass is 79.9. The van der Waals surface area contributed by atoms with Crippen LogP contribution in [-0.2, 0) is 11.3 Å². The molecule has 2 rings (SSSR count). The molecule has 0 bridgehead atoms. The molecule has 1 heterocycles. The van der Waals surface area contributed by atoms with Gasteiger partial charge in [-0.25, -0.2) is 4.98 Å². The average molecular weight is 379 g/mol. The fourth-order valence-electron chi connectivity index (χ4n) is 2.09. The first-order chi connectivity index (χ1) is 10.5. The van der Waals surface area contributed by atoms with E-state index in [1.54, 1.807) is 11.1 Å². The summed E-state index contributed by atoms with van der Waals surface area (Å²) in [6.45, 7) is 4.62. The molecule has 0 aliphatic carbocycles. The van der Waals surface area contributed by atoms with Crippen LogP contribution in [0, 0.1) is 6.92 Å². The first-order valence-electron chi connectivity index (χ1n) is 7.05. The van der Waals surface area contributed by atoms with Crippen LogP contribution in [0.2, 0.25) is 0 Å². The summed E-state index contributed by atoms with van der Waals surface area (Å²) in [5.74, 6) is 0.109. The molecule has 0 aliphatic rings. The highest BCUT2D eigenvalue weighted by Gasteiger charge is 2.19. The van der Waals surface area contributed by atoms with Crippen molar-refractivity contribution in [1.29, 1.82) is 0 Å². The second-order valence-electron chi connectivity index (χ2n) is 5.20. The van der Waals surface area contributed by atoms with E-state index >= 15 is 0 Å². The van der Waals surface area contributed by atoms with Gasteiger partial charge in [-0.3, -0.25) is 4.79 Å². The fraction of sp³-hybridized carbons (Fsp3) is 0.294. The predicted octanol–water partition coefficient (Wildman–Crippen LogP) is 4.29. The predicted molar refractivity (Wildman–Crippen MR) is 94.9 cm³/mol. The molecule has 1 unspecified atom stereocenters. The summed E-state index contributed by atoms with van der Waals surface area (Å²) in [5.41, 5.74) is 2.38. The molecule has 0 N–H and O–H groups in total. The van der Waals surface area contributed by atoms with Crippen LogP contribution in [-0.4, -0.2) is 28.1 Å². The smallest absolute Gasteiger partial charge is 0.235 e. The zero-order valence-electron chi connectivity index (χ0n) is 12.9. The number of aryl methyl sites for hydroxylation is 1. The molecular weight excluding hydrogens is 360 g/mol. The van der Waals surface area contributed by atoms with E-state index in [2.05, 4.69) is 40.0 Å². The van der Waals surface area contributed by atoms with Gasteiger partial charge in [-0.05, 0) is 53.0 Å². The van der Waals surface area contributed by atoms with Gasteiger partial charge in [0.05, 0.1) is 10.3 Å². The van der Waals surface area contributed by atoms with E-state index in [9.17, 15) is 4.79 Å². The number of halogens is 1. The zero-order chi connectivity index (χ0) is 16.1. The Bertz CT molecular complexity index is 645. The highest BCUT2D eigenvalue weighted by Crippen LogP contribution is 2.24. The lowest BCUT2D eigenvalue weighted by Crippen LogP contribution is -2.33. The Hall–Kier alpha value is -1.33. The normalized spacial score (nSPS) is 12.0. The topological polar surface area (TPSA) is 33.2 Å². The van der Waals surface area contributed by atoms with Gasteiger partial charge in [0, 0.05) is 24.3 Å². The van der Waals surface area contributed by atoms with Gasteiger partial charge in [0.2, 0.25) is 5.91 Å². The van der Waals surface area contributed by atoms with Gasteiger partial charge in [0.1, 0.15) is 0 Å². The number of hydrogen-bond acceptors (Lipinski definition) is 3. The third kappa shape index (κ3) is 4.58. The number of benzene rings is 1. The molecule has 22 heavy (non-hydrogen) atoms. The van der Waals surface area contributed by atoms with Crippen LogP contribution in [0.3, 0.4) is 0 Å². The van der Waals surface area contributed by atoms with Gasteiger partial charge in [-0.2, -0.15) is 0 Å². The zero-order valence-corrected chi connectivity index (χ0v) is 15.3. The van der Waals surface area contributed by atoms with Crippen molar-refractivity contribution in [1.82, 2.24) is 9.88 Å². The Labute approximate surface area is 144 Å².